The number of carboxylic acid groups (broad SMARTS) is 1. The van der Waals surface area contributed by atoms with Crippen LogP contribution in [-0.4, -0.2) is 16.1 Å². The lowest BCUT2D eigenvalue weighted by Gasteiger charge is -2.01. The molecule has 1 aromatic heterocycles. The highest BCUT2D eigenvalue weighted by Gasteiger charge is 2.14. The molecule has 3 aromatic rings. The minimum Gasteiger partial charge on any atom is -0.481 e. The van der Waals surface area contributed by atoms with Crippen LogP contribution in [0, 0.1) is 5.82 Å². The van der Waals surface area contributed by atoms with Crippen molar-refractivity contribution in [2.45, 2.75) is 6.42 Å². The average molecular weight is 297 g/mol. The van der Waals surface area contributed by atoms with Crippen LogP contribution in [0.1, 0.15) is 17.9 Å². The summed E-state index contributed by atoms with van der Waals surface area (Å²) in [6.45, 7) is 0. The normalized spacial score (nSPS) is 11.8. The summed E-state index contributed by atoms with van der Waals surface area (Å²) in [5.41, 5.74) is 2.16. The third-order valence-corrected chi connectivity index (χ3v) is 3.10. The molecule has 5 heteroatoms. The summed E-state index contributed by atoms with van der Waals surface area (Å²) in [5.74, 6) is -1.17. The fourth-order valence-electron chi connectivity index (χ4n) is 2.16. The second kappa shape index (κ2) is 5.81. The van der Waals surface area contributed by atoms with Gasteiger partial charge in [0.2, 0.25) is 5.89 Å². The van der Waals surface area contributed by atoms with Crippen molar-refractivity contribution in [2.75, 3.05) is 0 Å². The van der Waals surface area contributed by atoms with Crippen LogP contribution in [-0.2, 0) is 4.79 Å². The molecule has 3 rings (SSSR count). The Balaban J connectivity index is 2.07. The molecule has 0 radical (unpaired) electrons. The van der Waals surface area contributed by atoms with E-state index in [4.69, 9.17) is 9.52 Å². The molecule has 0 saturated carbocycles. The summed E-state index contributed by atoms with van der Waals surface area (Å²) in [6, 6.07) is 13.1. The first-order valence-corrected chi connectivity index (χ1v) is 6.66. The van der Waals surface area contributed by atoms with Gasteiger partial charge < -0.3 is 9.52 Å². The lowest BCUT2D eigenvalue weighted by molar-refractivity contribution is -0.135. The maximum Gasteiger partial charge on any atom is 0.308 e. The molecular formula is C17H12FNO3. The van der Waals surface area contributed by atoms with E-state index in [9.17, 15) is 9.18 Å². The van der Waals surface area contributed by atoms with Crippen LogP contribution in [0.3, 0.4) is 0 Å². The summed E-state index contributed by atoms with van der Waals surface area (Å²) < 4.78 is 18.9. The molecule has 4 nitrogen and oxygen atoms in total. The molecule has 0 spiro atoms. The monoisotopic (exact) mass is 297 g/mol. The van der Waals surface area contributed by atoms with E-state index < -0.39 is 5.97 Å². The molecule has 0 saturated heterocycles. The van der Waals surface area contributed by atoms with Crippen molar-refractivity contribution >= 4 is 28.7 Å². The number of fused-ring (bicyclic) bond motifs is 1. The van der Waals surface area contributed by atoms with E-state index in [0.29, 0.717) is 22.2 Å². The fourth-order valence-corrected chi connectivity index (χ4v) is 2.16. The molecule has 110 valence electrons. The van der Waals surface area contributed by atoms with Crippen LogP contribution in [0.2, 0.25) is 0 Å². The Morgan fingerprint density at radius 2 is 2.05 bits per heavy atom. The standard InChI is InChI=1S/C17H12FNO3/c18-13-5-3-4-11(9-13)8-12(10-16(20)21)17-19-14-6-1-2-7-15(14)22-17/h1-9H,10H2,(H,20,21). The van der Waals surface area contributed by atoms with Gasteiger partial charge in [-0.15, -0.1) is 0 Å². The first kappa shape index (κ1) is 14.0. The van der Waals surface area contributed by atoms with Crippen molar-refractivity contribution in [3.8, 4) is 0 Å². The Morgan fingerprint density at radius 1 is 1.23 bits per heavy atom. The Labute approximate surface area is 125 Å². The minimum absolute atomic E-state index is 0.230. The van der Waals surface area contributed by atoms with Gasteiger partial charge in [-0.3, -0.25) is 4.79 Å². The highest BCUT2D eigenvalue weighted by Crippen LogP contribution is 2.25. The molecule has 0 aliphatic carbocycles. The summed E-state index contributed by atoms with van der Waals surface area (Å²) >= 11 is 0. The minimum atomic E-state index is -1.01. The van der Waals surface area contributed by atoms with Crippen LogP contribution in [0.15, 0.2) is 52.9 Å². The second-order valence-corrected chi connectivity index (χ2v) is 4.78. The van der Waals surface area contributed by atoms with Gasteiger partial charge in [0.15, 0.2) is 5.58 Å². The van der Waals surface area contributed by atoms with Crippen molar-refractivity contribution in [2.24, 2.45) is 0 Å². The molecule has 22 heavy (non-hydrogen) atoms. The van der Waals surface area contributed by atoms with E-state index in [1.165, 1.54) is 12.1 Å². The molecule has 0 unspecified atom stereocenters. The van der Waals surface area contributed by atoms with Crippen molar-refractivity contribution in [1.29, 1.82) is 0 Å². The summed E-state index contributed by atoms with van der Waals surface area (Å²) in [4.78, 5) is 15.4. The van der Waals surface area contributed by atoms with Gasteiger partial charge in [-0.2, -0.15) is 0 Å². The lowest BCUT2D eigenvalue weighted by atomic mass is 10.1. The van der Waals surface area contributed by atoms with Crippen LogP contribution < -0.4 is 0 Å². The van der Waals surface area contributed by atoms with Gasteiger partial charge in [-0.1, -0.05) is 24.3 Å². The number of oxazole rings is 1. The van der Waals surface area contributed by atoms with Crippen molar-refractivity contribution in [1.82, 2.24) is 4.98 Å². The van der Waals surface area contributed by atoms with E-state index >= 15 is 0 Å². The number of aromatic nitrogens is 1. The van der Waals surface area contributed by atoms with Crippen molar-refractivity contribution in [3.05, 3.63) is 65.8 Å². The topological polar surface area (TPSA) is 63.3 Å². The second-order valence-electron chi connectivity index (χ2n) is 4.78. The number of benzene rings is 2. The predicted molar refractivity (Wildman–Crippen MR) is 80.5 cm³/mol. The molecule has 0 atom stereocenters. The zero-order valence-electron chi connectivity index (χ0n) is 11.5. The lowest BCUT2D eigenvalue weighted by Crippen LogP contribution is -1.97. The van der Waals surface area contributed by atoms with Gasteiger partial charge in [-0.05, 0) is 35.9 Å². The predicted octanol–water partition coefficient (Wildman–Crippen LogP) is 3.98. The number of carboxylic acids is 1. The van der Waals surface area contributed by atoms with Crippen LogP contribution in [0.25, 0.3) is 22.7 Å². The Bertz CT molecular complexity index is 834. The van der Waals surface area contributed by atoms with E-state index in [1.54, 1.807) is 30.3 Å². The van der Waals surface area contributed by atoms with E-state index in [1.807, 2.05) is 12.1 Å². The number of hydrogen-bond donors (Lipinski definition) is 1. The smallest absolute Gasteiger partial charge is 0.308 e. The first-order chi connectivity index (χ1) is 10.6. The summed E-state index contributed by atoms with van der Waals surface area (Å²) in [7, 11) is 0. The number of aliphatic carboxylic acids is 1. The maximum atomic E-state index is 13.3. The van der Waals surface area contributed by atoms with Gasteiger partial charge in [0.25, 0.3) is 0 Å². The number of rotatable bonds is 4. The van der Waals surface area contributed by atoms with Crippen molar-refractivity contribution in [3.63, 3.8) is 0 Å². The number of para-hydroxylation sites is 2. The van der Waals surface area contributed by atoms with Crippen molar-refractivity contribution < 1.29 is 18.7 Å². The maximum absolute atomic E-state index is 13.3. The van der Waals surface area contributed by atoms with E-state index in [2.05, 4.69) is 4.98 Å². The van der Waals surface area contributed by atoms with Gasteiger partial charge >= 0.3 is 5.97 Å². The molecule has 0 aliphatic heterocycles. The third kappa shape index (κ3) is 3.03. The molecule has 2 aromatic carbocycles. The molecular weight excluding hydrogens is 285 g/mol. The number of carbonyl (C=O) groups is 1. The number of hydrogen-bond acceptors (Lipinski definition) is 3. The average Bonchev–Trinajstić information content (AvgIpc) is 2.90. The molecule has 0 fully saturated rings. The van der Waals surface area contributed by atoms with Gasteiger partial charge in [0.1, 0.15) is 11.3 Å². The first-order valence-electron chi connectivity index (χ1n) is 6.66. The number of halogens is 1. The van der Waals surface area contributed by atoms with Gasteiger partial charge in [0, 0.05) is 5.57 Å². The van der Waals surface area contributed by atoms with Crippen LogP contribution in [0.5, 0.6) is 0 Å². The molecule has 1 heterocycles. The fraction of sp³-hybridized carbons (Fsp3) is 0.0588. The largest absolute Gasteiger partial charge is 0.481 e. The third-order valence-electron chi connectivity index (χ3n) is 3.10. The van der Waals surface area contributed by atoms with Gasteiger partial charge in [0.05, 0.1) is 6.42 Å². The highest BCUT2D eigenvalue weighted by atomic mass is 19.1. The summed E-state index contributed by atoms with van der Waals surface area (Å²) in [6.07, 6.45) is 1.31. The molecule has 0 aliphatic rings. The number of nitrogens with zero attached hydrogens (tertiary/aromatic N) is 1. The highest BCUT2D eigenvalue weighted by molar-refractivity contribution is 5.90. The molecule has 1 N–H and O–H groups in total. The Kier molecular flexibility index (Phi) is 3.70. The molecule has 0 bridgehead atoms. The zero-order valence-corrected chi connectivity index (χ0v) is 11.5. The molecule has 0 amide bonds. The zero-order chi connectivity index (χ0) is 15.5. The van der Waals surface area contributed by atoms with Gasteiger partial charge in [-0.25, -0.2) is 9.37 Å². The van der Waals surface area contributed by atoms with E-state index in [-0.39, 0.29) is 18.1 Å². The quantitative estimate of drug-likeness (QED) is 0.791. The SMILES string of the molecule is O=C(O)CC(=Cc1cccc(F)c1)c1nc2ccccc2o1. The summed E-state index contributed by atoms with van der Waals surface area (Å²) in [5, 5.41) is 9.07. The van der Waals surface area contributed by atoms with E-state index in [0.717, 1.165) is 0 Å². The Morgan fingerprint density at radius 3 is 2.77 bits per heavy atom. The van der Waals surface area contributed by atoms with Crippen LogP contribution in [0.4, 0.5) is 4.39 Å². The van der Waals surface area contributed by atoms with Crippen LogP contribution >= 0.6 is 0 Å². The Hall–Kier alpha value is -2.95.